The fraction of sp³-hybridized carbons (Fsp3) is 0.500. The van der Waals surface area contributed by atoms with Gasteiger partial charge in [0.05, 0.1) is 0 Å². The van der Waals surface area contributed by atoms with Gasteiger partial charge >= 0.3 is 0 Å². The lowest BCUT2D eigenvalue weighted by Crippen LogP contribution is -2.37. The van der Waals surface area contributed by atoms with E-state index in [0.29, 0.717) is 17.2 Å². The van der Waals surface area contributed by atoms with Crippen molar-refractivity contribution in [1.82, 2.24) is 14.8 Å². The summed E-state index contributed by atoms with van der Waals surface area (Å²) in [4.78, 5) is 2.42. The van der Waals surface area contributed by atoms with E-state index < -0.39 is 10.0 Å². The normalized spacial score (nSPS) is 18.1. The Kier molecular flexibility index (Phi) is 4.83. The molecule has 4 rings (SSSR count). The van der Waals surface area contributed by atoms with Crippen LogP contribution in [0, 0.1) is 13.8 Å². The first-order chi connectivity index (χ1) is 13.0. The molecule has 2 aliphatic heterocycles. The average Bonchev–Trinajstić information content (AvgIpc) is 3.36. The second-order valence-electron chi connectivity index (χ2n) is 6.88. The van der Waals surface area contributed by atoms with E-state index >= 15 is 0 Å². The van der Waals surface area contributed by atoms with Gasteiger partial charge in [-0.3, -0.25) is 4.90 Å². The fourth-order valence-electron chi connectivity index (χ4n) is 3.75. The SMILES string of the molecule is Cc1noc(C)c1S(=O)(=O)NCC(c1ccc2c(c1)OCO2)N1CCCC1. The summed E-state index contributed by atoms with van der Waals surface area (Å²) in [5.41, 5.74) is 1.36. The standard InChI is InChI=1S/C18H23N3O5S/c1-12-18(13(2)26-20-12)27(22,23)19-10-15(21-7-3-4-8-21)14-5-6-16-17(9-14)25-11-24-16/h5-6,9,15,19H,3-4,7-8,10-11H2,1-2H3. The number of hydrogen-bond donors (Lipinski definition) is 1. The summed E-state index contributed by atoms with van der Waals surface area (Å²) in [7, 11) is -3.71. The molecule has 146 valence electrons. The monoisotopic (exact) mass is 393 g/mol. The number of aromatic nitrogens is 1. The zero-order chi connectivity index (χ0) is 19.0. The Bertz CT molecular complexity index is 915. The van der Waals surface area contributed by atoms with E-state index in [9.17, 15) is 8.42 Å². The van der Waals surface area contributed by atoms with Crippen molar-refractivity contribution in [2.75, 3.05) is 26.4 Å². The van der Waals surface area contributed by atoms with Crippen molar-refractivity contribution in [2.45, 2.75) is 37.6 Å². The molecule has 0 saturated carbocycles. The Balaban J connectivity index is 1.59. The highest BCUT2D eigenvalue weighted by Crippen LogP contribution is 2.36. The predicted molar refractivity (Wildman–Crippen MR) is 97.3 cm³/mol. The second kappa shape index (κ2) is 7.14. The highest BCUT2D eigenvalue weighted by atomic mass is 32.2. The van der Waals surface area contributed by atoms with Gasteiger partial charge in [-0.25, -0.2) is 13.1 Å². The Hall–Kier alpha value is -2.10. The van der Waals surface area contributed by atoms with Gasteiger partial charge in [0, 0.05) is 12.6 Å². The van der Waals surface area contributed by atoms with Crippen LogP contribution >= 0.6 is 0 Å². The number of ether oxygens (including phenoxy) is 2. The number of hydrogen-bond acceptors (Lipinski definition) is 7. The molecule has 3 heterocycles. The molecular weight excluding hydrogens is 370 g/mol. The topological polar surface area (TPSA) is 93.9 Å². The average molecular weight is 393 g/mol. The fourth-order valence-corrected chi connectivity index (χ4v) is 5.11. The molecule has 0 spiro atoms. The largest absolute Gasteiger partial charge is 0.454 e. The number of sulfonamides is 1. The van der Waals surface area contributed by atoms with Gasteiger partial charge in [0.2, 0.25) is 16.8 Å². The Morgan fingerprint density at radius 2 is 1.93 bits per heavy atom. The van der Waals surface area contributed by atoms with Crippen LogP contribution in [0.25, 0.3) is 0 Å². The van der Waals surface area contributed by atoms with Crippen LogP contribution in [0.3, 0.4) is 0 Å². The molecule has 2 aliphatic rings. The smallest absolute Gasteiger partial charge is 0.246 e. The molecule has 1 fully saturated rings. The lowest BCUT2D eigenvalue weighted by molar-refractivity contribution is 0.173. The zero-order valence-electron chi connectivity index (χ0n) is 15.4. The summed E-state index contributed by atoms with van der Waals surface area (Å²) in [5.74, 6) is 1.71. The van der Waals surface area contributed by atoms with Crippen molar-refractivity contribution in [3.05, 3.63) is 35.2 Å². The summed E-state index contributed by atoms with van der Waals surface area (Å²) < 4.78 is 44.2. The number of nitrogens with zero attached hydrogens (tertiary/aromatic N) is 2. The lowest BCUT2D eigenvalue weighted by atomic mass is 10.1. The molecule has 8 nitrogen and oxygen atoms in total. The second-order valence-corrected chi connectivity index (χ2v) is 8.58. The van der Waals surface area contributed by atoms with Crippen LogP contribution in [0.15, 0.2) is 27.6 Å². The Morgan fingerprint density at radius 1 is 1.19 bits per heavy atom. The molecule has 1 N–H and O–H groups in total. The number of fused-ring (bicyclic) bond motifs is 1. The number of aryl methyl sites for hydroxylation is 2. The van der Waals surface area contributed by atoms with E-state index in [1.165, 1.54) is 0 Å². The first-order valence-corrected chi connectivity index (χ1v) is 10.5. The number of benzene rings is 1. The van der Waals surface area contributed by atoms with Crippen LogP contribution < -0.4 is 14.2 Å². The number of rotatable bonds is 6. The molecule has 1 aromatic carbocycles. The Labute approximate surface area is 158 Å². The van der Waals surface area contributed by atoms with Crippen LogP contribution in [0.2, 0.25) is 0 Å². The number of likely N-dealkylation sites (tertiary alicyclic amines) is 1. The van der Waals surface area contributed by atoms with Crippen molar-refractivity contribution in [3.8, 4) is 11.5 Å². The third-order valence-corrected chi connectivity index (χ3v) is 6.73. The molecule has 0 radical (unpaired) electrons. The predicted octanol–water partition coefficient (Wildman–Crippen LogP) is 2.14. The van der Waals surface area contributed by atoms with Crippen molar-refractivity contribution in [1.29, 1.82) is 0 Å². The molecule has 0 bridgehead atoms. The molecule has 9 heteroatoms. The molecule has 1 aromatic heterocycles. The minimum Gasteiger partial charge on any atom is -0.454 e. The van der Waals surface area contributed by atoms with Crippen LogP contribution in [-0.2, 0) is 10.0 Å². The van der Waals surface area contributed by atoms with Crippen molar-refractivity contribution < 1.29 is 22.4 Å². The summed E-state index contributed by atoms with van der Waals surface area (Å²) in [6.07, 6.45) is 2.22. The summed E-state index contributed by atoms with van der Waals surface area (Å²) in [6.45, 7) is 5.57. The Morgan fingerprint density at radius 3 is 2.63 bits per heavy atom. The van der Waals surface area contributed by atoms with Gasteiger partial charge in [-0.1, -0.05) is 11.2 Å². The van der Waals surface area contributed by atoms with Gasteiger partial charge < -0.3 is 14.0 Å². The molecule has 27 heavy (non-hydrogen) atoms. The van der Waals surface area contributed by atoms with Crippen LogP contribution in [0.5, 0.6) is 11.5 Å². The van der Waals surface area contributed by atoms with Crippen molar-refractivity contribution in [2.24, 2.45) is 0 Å². The molecular formula is C18H23N3O5S. The van der Waals surface area contributed by atoms with Crippen LogP contribution in [0.4, 0.5) is 0 Å². The van der Waals surface area contributed by atoms with Gasteiger partial charge in [0.1, 0.15) is 10.6 Å². The van der Waals surface area contributed by atoms with Gasteiger partial charge in [-0.2, -0.15) is 0 Å². The van der Waals surface area contributed by atoms with Gasteiger partial charge in [0.25, 0.3) is 0 Å². The quantitative estimate of drug-likeness (QED) is 0.803. The maximum Gasteiger partial charge on any atom is 0.246 e. The lowest BCUT2D eigenvalue weighted by Gasteiger charge is -2.28. The van der Waals surface area contributed by atoms with Crippen molar-refractivity contribution >= 4 is 10.0 Å². The molecule has 0 amide bonds. The third kappa shape index (κ3) is 3.54. The van der Waals surface area contributed by atoms with Gasteiger partial charge in [-0.15, -0.1) is 0 Å². The maximum absolute atomic E-state index is 12.8. The minimum absolute atomic E-state index is 0.0859. The summed E-state index contributed by atoms with van der Waals surface area (Å²) in [5, 5.41) is 3.75. The van der Waals surface area contributed by atoms with E-state index in [2.05, 4.69) is 14.8 Å². The van der Waals surface area contributed by atoms with E-state index in [1.54, 1.807) is 13.8 Å². The molecule has 2 aromatic rings. The molecule has 1 atom stereocenters. The number of nitrogens with one attached hydrogen (secondary N) is 1. The molecule has 0 aliphatic carbocycles. The molecule has 1 unspecified atom stereocenters. The zero-order valence-corrected chi connectivity index (χ0v) is 16.2. The van der Waals surface area contributed by atoms with Gasteiger partial charge in [-0.05, 0) is 57.5 Å². The third-order valence-electron chi connectivity index (χ3n) is 5.07. The first kappa shape index (κ1) is 18.3. The van der Waals surface area contributed by atoms with E-state index in [-0.39, 0.29) is 24.3 Å². The highest BCUT2D eigenvalue weighted by molar-refractivity contribution is 7.89. The van der Waals surface area contributed by atoms with E-state index in [4.69, 9.17) is 14.0 Å². The van der Waals surface area contributed by atoms with E-state index in [0.717, 1.165) is 37.2 Å². The van der Waals surface area contributed by atoms with Gasteiger partial charge in [0.15, 0.2) is 17.3 Å². The highest BCUT2D eigenvalue weighted by Gasteiger charge is 2.29. The maximum atomic E-state index is 12.8. The van der Waals surface area contributed by atoms with Crippen LogP contribution in [0.1, 0.15) is 35.9 Å². The van der Waals surface area contributed by atoms with Crippen LogP contribution in [-0.4, -0.2) is 44.9 Å². The first-order valence-electron chi connectivity index (χ1n) is 9.02. The molecule has 1 saturated heterocycles. The summed E-state index contributed by atoms with van der Waals surface area (Å²) >= 11 is 0. The minimum atomic E-state index is -3.71. The summed E-state index contributed by atoms with van der Waals surface area (Å²) in [6, 6.07) is 5.71. The van der Waals surface area contributed by atoms with E-state index in [1.807, 2.05) is 18.2 Å². The van der Waals surface area contributed by atoms with Crippen molar-refractivity contribution in [3.63, 3.8) is 0 Å².